The van der Waals surface area contributed by atoms with Gasteiger partial charge in [0.05, 0.1) is 6.04 Å². The number of carbonyl (C=O) groups excluding carboxylic acids is 1. The summed E-state index contributed by atoms with van der Waals surface area (Å²) in [5.41, 5.74) is 2.20. The Morgan fingerprint density at radius 3 is 2.47 bits per heavy atom. The molecule has 0 radical (unpaired) electrons. The first-order valence-electron chi connectivity index (χ1n) is 12.3. The summed E-state index contributed by atoms with van der Waals surface area (Å²) in [4.78, 5) is 19.8. The largest absolute Gasteiger partial charge is 0.435 e. The van der Waals surface area contributed by atoms with Crippen LogP contribution in [0.25, 0.3) is 11.1 Å². The number of alkyl halides is 3. The molecule has 2 aromatic carbocycles. The molecule has 10 heteroatoms. The van der Waals surface area contributed by atoms with E-state index in [-0.39, 0.29) is 23.3 Å². The molecular formula is C28H27F4N5O. The van der Waals surface area contributed by atoms with Gasteiger partial charge in [0.25, 0.3) is 5.91 Å². The SMILES string of the molecule is Cc1cc([C@H](C)N2CCc3c(cc(Cn4ccnc4C)cc3-c3cn(C)nc3C(F)(F)F)C2=O)ccc1F. The van der Waals surface area contributed by atoms with Gasteiger partial charge in [-0.05, 0) is 73.2 Å². The van der Waals surface area contributed by atoms with Crippen molar-refractivity contribution >= 4 is 5.91 Å². The van der Waals surface area contributed by atoms with Gasteiger partial charge in [0, 0.05) is 49.9 Å². The van der Waals surface area contributed by atoms with Gasteiger partial charge in [-0.1, -0.05) is 12.1 Å². The van der Waals surface area contributed by atoms with E-state index in [1.54, 1.807) is 48.5 Å². The standard InChI is InChI=1S/C28H27F4N5O/c1-16-11-20(5-6-25(16)29)17(2)37-9-7-21-22(24-15-35(4)34-26(24)28(30,31)32)12-19(13-23(21)27(37)38)14-36-10-8-33-18(36)3/h5-6,8,10-13,15,17H,7,9,14H2,1-4H3/t17-/m0/s1. The van der Waals surface area contributed by atoms with Crippen molar-refractivity contribution in [2.24, 2.45) is 7.05 Å². The first kappa shape index (κ1) is 25.7. The predicted octanol–water partition coefficient (Wildman–Crippen LogP) is 5.87. The highest BCUT2D eigenvalue weighted by Gasteiger charge is 2.39. The van der Waals surface area contributed by atoms with Crippen molar-refractivity contribution in [3.05, 3.63) is 94.1 Å². The van der Waals surface area contributed by atoms with E-state index in [1.807, 2.05) is 18.4 Å². The van der Waals surface area contributed by atoms with Crippen LogP contribution in [0.3, 0.4) is 0 Å². The molecule has 1 aliphatic heterocycles. The smallest absolute Gasteiger partial charge is 0.332 e. The Morgan fingerprint density at radius 2 is 1.82 bits per heavy atom. The summed E-state index contributed by atoms with van der Waals surface area (Å²) in [6, 6.07) is 7.90. The van der Waals surface area contributed by atoms with Crippen LogP contribution in [0, 0.1) is 19.7 Å². The Balaban J connectivity index is 1.63. The molecule has 5 rings (SSSR count). The Labute approximate surface area is 217 Å². The number of carbonyl (C=O) groups is 1. The lowest BCUT2D eigenvalue weighted by Crippen LogP contribution is -2.39. The minimum Gasteiger partial charge on any atom is -0.332 e. The average Bonchev–Trinajstić information content (AvgIpc) is 3.45. The van der Waals surface area contributed by atoms with E-state index < -0.39 is 11.9 Å². The number of rotatable bonds is 5. The fourth-order valence-electron chi connectivity index (χ4n) is 5.15. The first-order valence-corrected chi connectivity index (χ1v) is 12.3. The number of imidazole rings is 1. The number of hydrogen-bond donors (Lipinski definition) is 0. The van der Waals surface area contributed by atoms with Gasteiger partial charge in [-0.15, -0.1) is 0 Å². The second-order valence-corrected chi connectivity index (χ2v) is 9.77. The van der Waals surface area contributed by atoms with E-state index in [0.29, 0.717) is 47.3 Å². The average molecular weight is 526 g/mol. The third-order valence-electron chi connectivity index (χ3n) is 7.20. The third kappa shape index (κ3) is 4.59. The number of halogens is 4. The summed E-state index contributed by atoms with van der Waals surface area (Å²) in [6.45, 7) is 6.03. The quantitative estimate of drug-likeness (QED) is 0.307. The van der Waals surface area contributed by atoms with Crippen LogP contribution in [0.15, 0.2) is 48.9 Å². The zero-order valence-corrected chi connectivity index (χ0v) is 21.5. The van der Waals surface area contributed by atoms with Gasteiger partial charge >= 0.3 is 6.18 Å². The van der Waals surface area contributed by atoms with Crippen LogP contribution >= 0.6 is 0 Å². The molecule has 1 atom stereocenters. The van der Waals surface area contributed by atoms with E-state index in [1.165, 1.54) is 19.3 Å². The van der Waals surface area contributed by atoms with Crippen LogP contribution in [0.1, 0.15) is 57.1 Å². The van der Waals surface area contributed by atoms with Gasteiger partial charge in [-0.3, -0.25) is 9.48 Å². The van der Waals surface area contributed by atoms with E-state index in [2.05, 4.69) is 10.1 Å². The molecule has 0 spiro atoms. The van der Waals surface area contributed by atoms with Crippen molar-refractivity contribution in [2.75, 3.05) is 6.54 Å². The minimum absolute atomic E-state index is 0.0519. The number of amides is 1. The Hall–Kier alpha value is -3.95. The van der Waals surface area contributed by atoms with Gasteiger partial charge in [-0.25, -0.2) is 9.37 Å². The summed E-state index contributed by atoms with van der Waals surface area (Å²) >= 11 is 0. The van der Waals surface area contributed by atoms with Gasteiger partial charge < -0.3 is 9.47 Å². The van der Waals surface area contributed by atoms with Crippen molar-refractivity contribution < 1.29 is 22.4 Å². The summed E-state index contributed by atoms with van der Waals surface area (Å²) in [5.74, 6) is 0.149. The Bertz CT molecular complexity index is 1530. The maximum Gasteiger partial charge on any atom is 0.435 e. The molecule has 0 N–H and O–H groups in total. The van der Waals surface area contributed by atoms with Crippen molar-refractivity contribution in [1.29, 1.82) is 0 Å². The monoisotopic (exact) mass is 525 g/mol. The van der Waals surface area contributed by atoms with Crippen molar-refractivity contribution in [3.63, 3.8) is 0 Å². The van der Waals surface area contributed by atoms with E-state index in [0.717, 1.165) is 16.1 Å². The van der Waals surface area contributed by atoms with Gasteiger partial charge in [0.1, 0.15) is 11.6 Å². The summed E-state index contributed by atoms with van der Waals surface area (Å²) in [6.07, 6.45) is 0.506. The maximum absolute atomic E-state index is 13.9. The number of nitrogens with zero attached hydrogens (tertiary/aromatic N) is 5. The molecule has 198 valence electrons. The first-order chi connectivity index (χ1) is 17.9. The van der Waals surface area contributed by atoms with Crippen LogP contribution in [0.5, 0.6) is 0 Å². The topological polar surface area (TPSA) is 56.0 Å². The molecule has 0 bridgehead atoms. The minimum atomic E-state index is -4.65. The zero-order chi connectivity index (χ0) is 27.4. The number of aromatic nitrogens is 4. The summed E-state index contributed by atoms with van der Waals surface area (Å²) < 4.78 is 58.7. The number of aryl methyl sites for hydroxylation is 3. The normalized spacial score (nSPS) is 14.6. The van der Waals surface area contributed by atoms with Gasteiger partial charge in [-0.2, -0.15) is 18.3 Å². The number of fused-ring (bicyclic) bond motifs is 1. The molecular weight excluding hydrogens is 498 g/mol. The van der Waals surface area contributed by atoms with Crippen LogP contribution in [-0.2, 0) is 26.2 Å². The van der Waals surface area contributed by atoms with Gasteiger partial charge in [0.15, 0.2) is 5.69 Å². The van der Waals surface area contributed by atoms with Crippen LogP contribution in [-0.4, -0.2) is 36.7 Å². The second kappa shape index (κ2) is 9.41. The summed E-state index contributed by atoms with van der Waals surface area (Å²) in [5, 5.41) is 3.69. The third-order valence-corrected chi connectivity index (χ3v) is 7.20. The number of hydrogen-bond acceptors (Lipinski definition) is 3. The molecule has 0 saturated heterocycles. The fourth-order valence-corrected chi connectivity index (χ4v) is 5.15. The Kier molecular flexibility index (Phi) is 6.36. The lowest BCUT2D eigenvalue weighted by Gasteiger charge is -2.35. The molecule has 38 heavy (non-hydrogen) atoms. The lowest BCUT2D eigenvalue weighted by atomic mass is 9.87. The zero-order valence-electron chi connectivity index (χ0n) is 21.5. The molecule has 0 aliphatic carbocycles. The second-order valence-electron chi connectivity index (χ2n) is 9.77. The highest BCUT2D eigenvalue weighted by atomic mass is 19.4. The molecule has 0 saturated carbocycles. The van der Waals surface area contributed by atoms with Crippen molar-refractivity contribution in [3.8, 4) is 11.1 Å². The molecule has 2 aromatic heterocycles. The molecule has 3 heterocycles. The van der Waals surface area contributed by atoms with E-state index >= 15 is 0 Å². The lowest BCUT2D eigenvalue weighted by molar-refractivity contribution is -0.140. The molecule has 0 fully saturated rings. The van der Waals surface area contributed by atoms with Crippen molar-refractivity contribution in [1.82, 2.24) is 24.2 Å². The highest BCUT2D eigenvalue weighted by molar-refractivity contribution is 5.99. The number of benzene rings is 2. The Morgan fingerprint density at radius 1 is 1.08 bits per heavy atom. The van der Waals surface area contributed by atoms with E-state index in [4.69, 9.17) is 0 Å². The molecule has 0 unspecified atom stereocenters. The van der Waals surface area contributed by atoms with E-state index in [9.17, 15) is 22.4 Å². The molecule has 1 amide bonds. The van der Waals surface area contributed by atoms with Crippen molar-refractivity contribution in [2.45, 2.75) is 46.0 Å². The van der Waals surface area contributed by atoms with Crippen LogP contribution < -0.4 is 0 Å². The molecule has 1 aliphatic rings. The van der Waals surface area contributed by atoms with Crippen LogP contribution in [0.2, 0.25) is 0 Å². The predicted molar refractivity (Wildman–Crippen MR) is 134 cm³/mol. The maximum atomic E-state index is 13.9. The van der Waals surface area contributed by atoms with Crippen LogP contribution in [0.4, 0.5) is 17.6 Å². The summed E-state index contributed by atoms with van der Waals surface area (Å²) in [7, 11) is 1.45. The molecule has 4 aromatic rings. The molecule has 6 nitrogen and oxygen atoms in total. The van der Waals surface area contributed by atoms with Gasteiger partial charge in [0.2, 0.25) is 0 Å². The fraction of sp³-hybridized carbons (Fsp3) is 0.321. The highest BCUT2D eigenvalue weighted by Crippen LogP contribution is 2.40.